The van der Waals surface area contributed by atoms with Crippen LogP contribution in [0.1, 0.15) is 35.8 Å². The van der Waals surface area contributed by atoms with Gasteiger partial charge in [0, 0.05) is 44.4 Å². The number of nitrogens with one attached hydrogen (secondary N) is 1. The minimum atomic E-state index is 0.120. The molecule has 2 aromatic rings. The van der Waals surface area contributed by atoms with Crippen molar-refractivity contribution >= 4 is 5.91 Å². The lowest BCUT2D eigenvalue weighted by atomic mass is 10.1. The fraction of sp³-hybridized carbons (Fsp3) is 0.562. The zero-order chi connectivity index (χ0) is 15.3. The lowest BCUT2D eigenvalue weighted by Crippen LogP contribution is -2.41. The van der Waals surface area contributed by atoms with Crippen molar-refractivity contribution in [3.63, 3.8) is 0 Å². The van der Waals surface area contributed by atoms with E-state index in [9.17, 15) is 4.79 Å². The van der Waals surface area contributed by atoms with Gasteiger partial charge in [-0.3, -0.25) is 9.48 Å². The Hall–Kier alpha value is -2.11. The standard InChI is InChI=1S/C16H21N5O/c1-10-7-21-9-12(3-4-15(21)18-10)19-16(22)14-5-13(14)11-6-17-20(2)8-11/h6-8,12-14H,3-5,9H2,1-2H3,(H,19,22)/t12-,13+,14+/m0/s1. The molecule has 1 fully saturated rings. The van der Waals surface area contributed by atoms with E-state index in [4.69, 9.17) is 0 Å². The molecule has 6 heteroatoms. The Labute approximate surface area is 129 Å². The summed E-state index contributed by atoms with van der Waals surface area (Å²) in [6, 6.07) is 0.226. The zero-order valence-corrected chi connectivity index (χ0v) is 13.0. The predicted molar refractivity (Wildman–Crippen MR) is 81.3 cm³/mol. The number of hydrogen-bond acceptors (Lipinski definition) is 3. The minimum Gasteiger partial charge on any atom is -0.351 e. The predicted octanol–water partition coefficient (Wildman–Crippen LogP) is 1.16. The lowest BCUT2D eigenvalue weighted by Gasteiger charge is -2.24. The summed E-state index contributed by atoms with van der Waals surface area (Å²) in [4.78, 5) is 16.9. The molecular weight excluding hydrogens is 278 g/mol. The number of aryl methyl sites for hydroxylation is 3. The molecule has 0 aromatic carbocycles. The van der Waals surface area contributed by atoms with Crippen LogP contribution in [0.5, 0.6) is 0 Å². The molecule has 2 aliphatic rings. The van der Waals surface area contributed by atoms with Crippen molar-refractivity contribution in [2.24, 2.45) is 13.0 Å². The largest absolute Gasteiger partial charge is 0.351 e. The number of carbonyl (C=O) groups excluding carboxylic acids is 1. The van der Waals surface area contributed by atoms with Crippen LogP contribution >= 0.6 is 0 Å². The molecule has 1 N–H and O–H groups in total. The van der Waals surface area contributed by atoms with Crippen LogP contribution in [0.3, 0.4) is 0 Å². The van der Waals surface area contributed by atoms with E-state index in [1.807, 2.05) is 26.4 Å². The third kappa shape index (κ3) is 2.42. The fourth-order valence-electron chi connectivity index (χ4n) is 3.50. The van der Waals surface area contributed by atoms with Gasteiger partial charge in [0.15, 0.2) is 0 Å². The average Bonchev–Trinajstić information content (AvgIpc) is 3.03. The highest BCUT2D eigenvalue weighted by atomic mass is 16.2. The van der Waals surface area contributed by atoms with Crippen molar-refractivity contribution in [3.05, 3.63) is 35.7 Å². The van der Waals surface area contributed by atoms with Crippen LogP contribution in [-0.4, -0.2) is 31.3 Å². The van der Waals surface area contributed by atoms with Crippen LogP contribution in [0.15, 0.2) is 18.6 Å². The first-order valence-corrected chi connectivity index (χ1v) is 7.91. The summed E-state index contributed by atoms with van der Waals surface area (Å²) >= 11 is 0. The Morgan fingerprint density at radius 3 is 3.05 bits per heavy atom. The Bertz CT molecular complexity index is 716. The zero-order valence-electron chi connectivity index (χ0n) is 13.0. The second kappa shape index (κ2) is 4.97. The molecule has 0 unspecified atom stereocenters. The van der Waals surface area contributed by atoms with Crippen LogP contribution in [0, 0.1) is 12.8 Å². The summed E-state index contributed by atoms with van der Waals surface area (Å²) in [7, 11) is 1.91. The molecule has 3 heterocycles. The molecule has 1 saturated carbocycles. The van der Waals surface area contributed by atoms with Gasteiger partial charge in [-0.05, 0) is 31.2 Å². The second-order valence-electron chi connectivity index (χ2n) is 6.59. The maximum atomic E-state index is 12.4. The van der Waals surface area contributed by atoms with E-state index < -0.39 is 0 Å². The molecule has 0 bridgehead atoms. The lowest BCUT2D eigenvalue weighted by molar-refractivity contribution is -0.123. The summed E-state index contributed by atoms with van der Waals surface area (Å²) in [5, 5.41) is 7.41. The third-order valence-electron chi connectivity index (χ3n) is 4.74. The molecule has 1 aliphatic heterocycles. The van der Waals surface area contributed by atoms with Gasteiger partial charge in [0.05, 0.1) is 11.9 Å². The van der Waals surface area contributed by atoms with E-state index in [0.29, 0.717) is 5.92 Å². The Kier molecular flexibility index (Phi) is 3.06. The van der Waals surface area contributed by atoms with Gasteiger partial charge < -0.3 is 9.88 Å². The van der Waals surface area contributed by atoms with E-state index in [-0.39, 0.29) is 17.9 Å². The third-order valence-corrected chi connectivity index (χ3v) is 4.74. The molecule has 1 amide bonds. The van der Waals surface area contributed by atoms with Crippen LogP contribution in [0.4, 0.5) is 0 Å². The number of imidazole rings is 1. The van der Waals surface area contributed by atoms with E-state index >= 15 is 0 Å². The topological polar surface area (TPSA) is 64.7 Å². The van der Waals surface area contributed by atoms with Crippen LogP contribution in [0.2, 0.25) is 0 Å². The molecule has 0 saturated heterocycles. The van der Waals surface area contributed by atoms with Crippen molar-refractivity contribution in [1.82, 2.24) is 24.6 Å². The molecular formula is C16H21N5O. The summed E-state index contributed by atoms with van der Waals surface area (Å²) in [6.07, 6.45) is 8.82. The monoisotopic (exact) mass is 299 g/mol. The minimum absolute atomic E-state index is 0.120. The SMILES string of the molecule is Cc1cn2c(n1)CC[C@H](NC(=O)[C@@H]1C[C@@H]1c1cnn(C)c1)C2. The second-order valence-corrected chi connectivity index (χ2v) is 6.59. The van der Waals surface area contributed by atoms with Gasteiger partial charge in [-0.2, -0.15) is 5.10 Å². The molecule has 6 nitrogen and oxygen atoms in total. The number of carbonyl (C=O) groups is 1. The first-order chi connectivity index (χ1) is 10.6. The number of fused-ring (bicyclic) bond motifs is 1. The maximum absolute atomic E-state index is 12.4. The van der Waals surface area contributed by atoms with Gasteiger partial charge in [-0.25, -0.2) is 4.98 Å². The summed E-state index contributed by atoms with van der Waals surface area (Å²) in [5.41, 5.74) is 2.24. The van der Waals surface area contributed by atoms with Gasteiger partial charge in [-0.15, -0.1) is 0 Å². The van der Waals surface area contributed by atoms with E-state index in [0.717, 1.165) is 37.3 Å². The van der Waals surface area contributed by atoms with Gasteiger partial charge in [-0.1, -0.05) is 0 Å². The van der Waals surface area contributed by atoms with Crippen molar-refractivity contribution in [1.29, 1.82) is 0 Å². The van der Waals surface area contributed by atoms with Gasteiger partial charge in [0.25, 0.3) is 0 Å². The molecule has 116 valence electrons. The summed E-state index contributed by atoms with van der Waals surface area (Å²) in [5.74, 6) is 1.81. The maximum Gasteiger partial charge on any atom is 0.224 e. The highest BCUT2D eigenvalue weighted by Gasteiger charge is 2.45. The Morgan fingerprint density at radius 1 is 1.41 bits per heavy atom. The van der Waals surface area contributed by atoms with Crippen LogP contribution < -0.4 is 5.32 Å². The molecule has 1 aliphatic carbocycles. The molecule has 22 heavy (non-hydrogen) atoms. The highest BCUT2D eigenvalue weighted by molar-refractivity contribution is 5.83. The van der Waals surface area contributed by atoms with Gasteiger partial charge >= 0.3 is 0 Å². The van der Waals surface area contributed by atoms with E-state index in [2.05, 4.69) is 26.2 Å². The molecule has 0 radical (unpaired) electrons. The number of rotatable bonds is 3. The first-order valence-electron chi connectivity index (χ1n) is 7.91. The Balaban J connectivity index is 1.36. The van der Waals surface area contributed by atoms with Crippen molar-refractivity contribution in [3.8, 4) is 0 Å². The number of nitrogens with zero attached hydrogens (tertiary/aromatic N) is 4. The van der Waals surface area contributed by atoms with Crippen LogP contribution in [0.25, 0.3) is 0 Å². The number of amides is 1. The average molecular weight is 299 g/mol. The highest BCUT2D eigenvalue weighted by Crippen LogP contribution is 2.47. The molecule has 3 atom stereocenters. The van der Waals surface area contributed by atoms with Gasteiger partial charge in [0.2, 0.25) is 5.91 Å². The van der Waals surface area contributed by atoms with Crippen molar-refractivity contribution in [2.45, 2.75) is 44.7 Å². The molecule has 2 aromatic heterocycles. The van der Waals surface area contributed by atoms with Crippen molar-refractivity contribution in [2.75, 3.05) is 0 Å². The van der Waals surface area contributed by atoms with E-state index in [1.54, 1.807) is 4.68 Å². The fourth-order valence-corrected chi connectivity index (χ4v) is 3.50. The van der Waals surface area contributed by atoms with Crippen LogP contribution in [-0.2, 0) is 24.8 Å². The quantitative estimate of drug-likeness (QED) is 0.925. The molecule has 4 rings (SSSR count). The van der Waals surface area contributed by atoms with Gasteiger partial charge in [0.1, 0.15) is 5.82 Å². The first kappa shape index (κ1) is 13.5. The molecule has 0 spiro atoms. The Morgan fingerprint density at radius 2 is 2.27 bits per heavy atom. The normalized spacial score (nSPS) is 26.5. The number of hydrogen-bond donors (Lipinski definition) is 1. The smallest absolute Gasteiger partial charge is 0.224 e. The summed E-state index contributed by atoms with van der Waals surface area (Å²) < 4.78 is 3.97. The van der Waals surface area contributed by atoms with Crippen molar-refractivity contribution < 1.29 is 4.79 Å². The number of aromatic nitrogens is 4. The summed E-state index contributed by atoms with van der Waals surface area (Å²) in [6.45, 7) is 2.85. The van der Waals surface area contributed by atoms with E-state index in [1.165, 1.54) is 5.56 Å².